The first kappa shape index (κ1) is 20.4. The average molecular weight is 406 g/mol. The predicted molar refractivity (Wildman–Crippen MR) is 121 cm³/mol. The molecule has 0 bridgehead atoms. The fourth-order valence-corrected chi connectivity index (χ4v) is 2.95. The molecule has 0 aliphatic carbocycles. The lowest BCUT2D eigenvalue weighted by molar-refractivity contribution is -0.118. The molecule has 2 N–H and O–H groups in total. The van der Waals surface area contributed by atoms with Crippen LogP contribution in [0.3, 0.4) is 0 Å². The summed E-state index contributed by atoms with van der Waals surface area (Å²) in [5.74, 6) is 0.530. The van der Waals surface area contributed by atoms with Crippen LogP contribution in [-0.2, 0) is 11.4 Å². The minimum absolute atomic E-state index is 0.190. The summed E-state index contributed by atoms with van der Waals surface area (Å²) >= 11 is 5.26. The lowest BCUT2D eigenvalue weighted by atomic mass is 10.2. The molecule has 6 heteroatoms. The van der Waals surface area contributed by atoms with Gasteiger partial charge in [0.2, 0.25) is 5.91 Å². The molecule has 0 saturated carbocycles. The van der Waals surface area contributed by atoms with Gasteiger partial charge in [0.1, 0.15) is 12.4 Å². The number of likely N-dealkylation sites (N-methyl/N-ethyl adjacent to an activating group) is 1. The monoisotopic (exact) mass is 405 g/mol. The van der Waals surface area contributed by atoms with Crippen LogP contribution in [0.1, 0.15) is 5.56 Å². The fraction of sp³-hybridized carbons (Fsp3) is 0.130. The number of benzene rings is 3. The van der Waals surface area contributed by atoms with Gasteiger partial charge in [-0.25, -0.2) is 0 Å². The predicted octanol–water partition coefficient (Wildman–Crippen LogP) is 4.22. The maximum absolute atomic E-state index is 12.2. The molecule has 0 aliphatic heterocycles. The molecule has 3 rings (SSSR count). The smallest absolute Gasteiger partial charge is 0.245 e. The molecular weight excluding hydrogens is 382 g/mol. The van der Waals surface area contributed by atoms with E-state index in [2.05, 4.69) is 10.6 Å². The van der Waals surface area contributed by atoms with Crippen LogP contribution in [0.2, 0.25) is 0 Å². The molecule has 0 radical (unpaired) electrons. The van der Waals surface area contributed by atoms with Crippen molar-refractivity contribution in [3.05, 3.63) is 90.5 Å². The Labute approximate surface area is 176 Å². The first-order valence-corrected chi connectivity index (χ1v) is 9.65. The van der Waals surface area contributed by atoms with E-state index in [4.69, 9.17) is 17.0 Å². The Bertz CT molecular complexity index is 949. The van der Waals surface area contributed by atoms with Crippen molar-refractivity contribution in [2.75, 3.05) is 23.8 Å². The van der Waals surface area contributed by atoms with Gasteiger partial charge < -0.3 is 20.3 Å². The number of para-hydroxylation sites is 1. The van der Waals surface area contributed by atoms with Crippen molar-refractivity contribution in [3.63, 3.8) is 0 Å². The van der Waals surface area contributed by atoms with Crippen molar-refractivity contribution >= 4 is 34.6 Å². The van der Waals surface area contributed by atoms with E-state index in [-0.39, 0.29) is 17.6 Å². The zero-order valence-corrected chi connectivity index (χ0v) is 17.0. The molecule has 5 nitrogen and oxygen atoms in total. The first-order chi connectivity index (χ1) is 14.1. The highest BCUT2D eigenvalue weighted by atomic mass is 32.1. The molecule has 1 amide bonds. The van der Waals surface area contributed by atoms with Crippen LogP contribution < -0.4 is 20.3 Å². The third-order valence-electron chi connectivity index (χ3n) is 4.17. The molecule has 0 heterocycles. The maximum atomic E-state index is 12.2. The van der Waals surface area contributed by atoms with Gasteiger partial charge in [0.15, 0.2) is 5.11 Å². The van der Waals surface area contributed by atoms with E-state index in [9.17, 15) is 4.79 Å². The van der Waals surface area contributed by atoms with Gasteiger partial charge >= 0.3 is 0 Å². The topological polar surface area (TPSA) is 53.6 Å². The van der Waals surface area contributed by atoms with Crippen molar-refractivity contribution in [3.8, 4) is 5.75 Å². The van der Waals surface area contributed by atoms with Crippen molar-refractivity contribution in [1.82, 2.24) is 5.32 Å². The van der Waals surface area contributed by atoms with Gasteiger partial charge in [0.25, 0.3) is 0 Å². The molecule has 29 heavy (non-hydrogen) atoms. The minimum atomic E-state index is -0.190. The van der Waals surface area contributed by atoms with Crippen molar-refractivity contribution in [2.45, 2.75) is 6.61 Å². The number of thiocarbonyl (C=S) groups is 1. The Morgan fingerprint density at radius 1 is 0.966 bits per heavy atom. The number of hydrogen-bond acceptors (Lipinski definition) is 4. The second kappa shape index (κ2) is 10.2. The summed E-state index contributed by atoms with van der Waals surface area (Å²) in [7, 11) is 1.86. The molecule has 0 aromatic heterocycles. The second-order valence-electron chi connectivity index (χ2n) is 6.50. The molecule has 0 unspecified atom stereocenters. The van der Waals surface area contributed by atoms with Crippen LogP contribution in [0.4, 0.5) is 11.4 Å². The highest BCUT2D eigenvalue weighted by molar-refractivity contribution is 7.80. The first-order valence-electron chi connectivity index (χ1n) is 9.24. The number of nitrogens with zero attached hydrogens (tertiary/aromatic N) is 1. The zero-order valence-electron chi connectivity index (χ0n) is 16.2. The van der Waals surface area contributed by atoms with Crippen LogP contribution in [0.15, 0.2) is 84.9 Å². The van der Waals surface area contributed by atoms with E-state index < -0.39 is 0 Å². The molecule has 0 atom stereocenters. The van der Waals surface area contributed by atoms with E-state index in [0.29, 0.717) is 6.61 Å². The summed E-state index contributed by atoms with van der Waals surface area (Å²) in [5.41, 5.74) is 2.80. The summed E-state index contributed by atoms with van der Waals surface area (Å²) in [5, 5.41) is 5.98. The van der Waals surface area contributed by atoms with E-state index in [1.165, 1.54) is 0 Å². The van der Waals surface area contributed by atoms with Gasteiger partial charge in [-0.05, 0) is 42.0 Å². The summed E-state index contributed by atoms with van der Waals surface area (Å²) in [4.78, 5) is 14.1. The van der Waals surface area contributed by atoms with Crippen LogP contribution in [0.5, 0.6) is 5.75 Å². The zero-order chi connectivity index (χ0) is 20.5. The van der Waals surface area contributed by atoms with E-state index in [1.54, 1.807) is 0 Å². The van der Waals surface area contributed by atoms with Gasteiger partial charge in [-0.15, -0.1) is 0 Å². The summed E-state index contributed by atoms with van der Waals surface area (Å²) in [6.07, 6.45) is 0. The quantitative estimate of drug-likeness (QED) is 0.577. The number of rotatable bonds is 7. The lowest BCUT2D eigenvalue weighted by Crippen LogP contribution is -2.40. The molecule has 0 spiro atoms. The third kappa shape index (κ3) is 6.62. The van der Waals surface area contributed by atoms with Crippen molar-refractivity contribution in [2.24, 2.45) is 0 Å². The number of anilines is 2. The van der Waals surface area contributed by atoms with Crippen LogP contribution in [0.25, 0.3) is 0 Å². The molecule has 0 aliphatic rings. The fourth-order valence-electron chi connectivity index (χ4n) is 2.72. The largest absolute Gasteiger partial charge is 0.489 e. The highest BCUT2D eigenvalue weighted by Gasteiger charge is 2.09. The number of carbonyl (C=O) groups is 1. The summed E-state index contributed by atoms with van der Waals surface area (Å²) in [6, 6.07) is 27.1. The van der Waals surface area contributed by atoms with Gasteiger partial charge in [-0.3, -0.25) is 4.79 Å². The van der Waals surface area contributed by atoms with E-state index in [1.807, 2.05) is 96.9 Å². The Morgan fingerprint density at radius 3 is 2.38 bits per heavy atom. The van der Waals surface area contributed by atoms with Gasteiger partial charge in [0.05, 0.1) is 6.54 Å². The number of amides is 1. The number of ether oxygens (including phenoxy) is 1. The molecule has 0 saturated heterocycles. The third-order valence-corrected chi connectivity index (χ3v) is 4.38. The Kier molecular flexibility index (Phi) is 7.19. The van der Waals surface area contributed by atoms with Crippen LogP contribution in [-0.4, -0.2) is 24.6 Å². The molecular formula is C23H23N3O2S. The molecule has 148 valence electrons. The van der Waals surface area contributed by atoms with Crippen molar-refractivity contribution in [1.29, 1.82) is 0 Å². The Morgan fingerprint density at radius 2 is 1.66 bits per heavy atom. The van der Waals surface area contributed by atoms with Crippen LogP contribution in [0, 0.1) is 0 Å². The Hall–Kier alpha value is -3.38. The normalized spacial score (nSPS) is 10.1. The van der Waals surface area contributed by atoms with E-state index in [0.717, 1.165) is 22.7 Å². The number of carbonyl (C=O) groups excluding carboxylic acids is 1. The molecule has 3 aromatic carbocycles. The average Bonchev–Trinajstić information content (AvgIpc) is 2.73. The highest BCUT2D eigenvalue weighted by Crippen LogP contribution is 2.18. The maximum Gasteiger partial charge on any atom is 0.245 e. The molecule has 0 fully saturated rings. The number of hydrogen-bond donors (Lipinski definition) is 2. The van der Waals surface area contributed by atoms with Crippen LogP contribution >= 0.6 is 12.2 Å². The second-order valence-corrected chi connectivity index (χ2v) is 6.90. The summed E-state index contributed by atoms with van der Waals surface area (Å²) < 4.78 is 5.82. The summed E-state index contributed by atoms with van der Waals surface area (Å²) in [6.45, 7) is 0.684. The van der Waals surface area contributed by atoms with E-state index >= 15 is 0 Å². The van der Waals surface area contributed by atoms with Gasteiger partial charge in [-0.2, -0.15) is 0 Å². The minimum Gasteiger partial charge on any atom is -0.489 e. The Balaban J connectivity index is 1.49. The van der Waals surface area contributed by atoms with Gasteiger partial charge in [-0.1, -0.05) is 54.6 Å². The SMILES string of the molecule is CN(CC(=O)NC(=S)Nc1cccc(OCc2ccccc2)c1)c1ccccc1. The van der Waals surface area contributed by atoms with Crippen molar-refractivity contribution < 1.29 is 9.53 Å². The molecule has 3 aromatic rings. The van der Waals surface area contributed by atoms with Gasteiger partial charge in [0, 0.05) is 24.5 Å². The standard InChI is InChI=1S/C23H23N3O2S/c1-26(20-12-6-3-7-13-20)16-22(27)25-23(29)24-19-11-8-14-21(15-19)28-17-18-9-4-2-5-10-18/h2-15H,16-17H2,1H3,(H2,24,25,27,29). The lowest BCUT2D eigenvalue weighted by Gasteiger charge is -2.19. The number of nitrogens with one attached hydrogen (secondary N) is 2.